The second-order valence-electron chi connectivity index (χ2n) is 4.86. The number of nitro benzene ring substituents is 1. The van der Waals surface area contributed by atoms with E-state index in [1.54, 1.807) is 0 Å². The number of hydrogen-bond donors (Lipinski definition) is 1. The van der Waals surface area contributed by atoms with Gasteiger partial charge in [-0.15, -0.1) is 0 Å². The number of aromatic carboxylic acids is 1. The summed E-state index contributed by atoms with van der Waals surface area (Å²) in [5, 5.41) is 28.4. The van der Waals surface area contributed by atoms with Crippen LogP contribution in [0.2, 0.25) is 0 Å². The van der Waals surface area contributed by atoms with Crippen molar-refractivity contribution in [2.24, 2.45) is 5.41 Å². The number of ether oxygens (including phenoxy) is 1. The van der Waals surface area contributed by atoms with Gasteiger partial charge >= 0.3 is 5.97 Å². The molecule has 0 heterocycles. The maximum Gasteiger partial charge on any atom is 0.342 e. The molecule has 0 amide bonds. The van der Waals surface area contributed by atoms with Crippen LogP contribution < -0.4 is 4.74 Å². The van der Waals surface area contributed by atoms with Gasteiger partial charge in [-0.25, -0.2) is 4.79 Å². The van der Waals surface area contributed by atoms with Gasteiger partial charge in [0.1, 0.15) is 11.3 Å². The Morgan fingerprint density at radius 1 is 1.55 bits per heavy atom. The highest BCUT2D eigenvalue weighted by molar-refractivity contribution is 5.92. The Morgan fingerprint density at radius 2 is 2.25 bits per heavy atom. The highest BCUT2D eigenvalue weighted by Crippen LogP contribution is 2.48. The van der Waals surface area contributed by atoms with Gasteiger partial charge in [0.25, 0.3) is 5.69 Å². The van der Waals surface area contributed by atoms with E-state index in [2.05, 4.69) is 6.07 Å². The predicted octanol–water partition coefficient (Wildman–Crippen LogP) is 2.37. The standard InChI is InChI=1S/C13H12N2O5/c14-6-5-13(3-4-13)8-20-9-1-2-11(15(18)19)10(7-9)12(16)17/h1-2,7H,3-5,8H2,(H,16,17). The maximum absolute atomic E-state index is 11.0. The number of nitro groups is 1. The largest absolute Gasteiger partial charge is 0.493 e. The molecule has 1 aromatic rings. The third kappa shape index (κ3) is 2.85. The first kappa shape index (κ1) is 13.8. The number of nitrogens with zero attached hydrogens (tertiary/aromatic N) is 2. The molecule has 0 unspecified atom stereocenters. The maximum atomic E-state index is 11.0. The van der Waals surface area contributed by atoms with Crippen LogP contribution in [-0.4, -0.2) is 22.6 Å². The summed E-state index contributed by atoms with van der Waals surface area (Å²) in [5.41, 5.74) is -1.01. The van der Waals surface area contributed by atoms with Gasteiger partial charge in [-0.2, -0.15) is 5.26 Å². The van der Waals surface area contributed by atoms with Crippen molar-refractivity contribution in [3.63, 3.8) is 0 Å². The lowest BCUT2D eigenvalue weighted by atomic mass is 10.1. The Hall–Kier alpha value is -2.62. The van der Waals surface area contributed by atoms with Crippen molar-refractivity contribution in [3.05, 3.63) is 33.9 Å². The highest BCUT2D eigenvalue weighted by atomic mass is 16.6. The summed E-state index contributed by atoms with van der Waals surface area (Å²) >= 11 is 0. The van der Waals surface area contributed by atoms with E-state index < -0.39 is 22.1 Å². The van der Waals surface area contributed by atoms with Crippen LogP contribution >= 0.6 is 0 Å². The molecule has 1 N–H and O–H groups in total. The van der Waals surface area contributed by atoms with Crippen molar-refractivity contribution in [3.8, 4) is 11.8 Å². The molecule has 2 rings (SSSR count). The molecule has 0 aromatic heterocycles. The molecule has 0 radical (unpaired) electrons. The minimum Gasteiger partial charge on any atom is -0.493 e. The number of nitriles is 1. The van der Waals surface area contributed by atoms with Crippen molar-refractivity contribution in [1.82, 2.24) is 0 Å². The molecule has 20 heavy (non-hydrogen) atoms. The minimum absolute atomic E-state index is 0.139. The summed E-state index contributed by atoms with van der Waals surface area (Å²) in [6, 6.07) is 5.72. The topological polar surface area (TPSA) is 113 Å². The zero-order valence-electron chi connectivity index (χ0n) is 10.5. The fourth-order valence-electron chi connectivity index (χ4n) is 1.89. The number of rotatable bonds is 6. The van der Waals surface area contributed by atoms with Gasteiger partial charge in [0.2, 0.25) is 0 Å². The van der Waals surface area contributed by atoms with E-state index in [1.807, 2.05) is 0 Å². The fraction of sp³-hybridized carbons (Fsp3) is 0.385. The predicted molar refractivity (Wildman–Crippen MR) is 67.4 cm³/mol. The van der Waals surface area contributed by atoms with Gasteiger partial charge in [0.15, 0.2) is 0 Å². The van der Waals surface area contributed by atoms with E-state index in [4.69, 9.17) is 15.1 Å². The highest BCUT2D eigenvalue weighted by Gasteiger charge is 2.43. The lowest BCUT2D eigenvalue weighted by Gasteiger charge is -2.13. The van der Waals surface area contributed by atoms with Crippen LogP contribution in [-0.2, 0) is 0 Å². The van der Waals surface area contributed by atoms with Gasteiger partial charge in [-0.05, 0) is 18.9 Å². The Balaban J connectivity index is 2.14. The second kappa shape index (κ2) is 5.17. The molecular weight excluding hydrogens is 264 g/mol. The summed E-state index contributed by atoms with van der Waals surface area (Å²) in [6.45, 7) is 0.317. The lowest BCUT2D eigenvalue weighted by molar-refractivity contribution is -0.385. The zero-order valence-corrected chi connectivity index (χ0v) is 10.5. The van der Waals surface area contributed by atoms with E-state index >= 15 is 0 Å². The first-order valence-corrected chi connectivity index (χ1v) is 5.99. The molecule has 1 aliphatic carbocycles. The van der Waals surface area contributed by atoms with Crippen LogP contribution in [0.25, 0.3) is 0 Å². The van der Waals surface area contributed by atoms with Crippen molar-refractivity contribution in [2.75, 3.05) is 6.61 Å². The van der Waals surface area contributed by atoms with Crippen LogP contribution in [0.4, 0.5) is 5.69 Å². The van der Waals surface area contributed by atoms with Crippen LogP contribution in [0.3, 0.4) is 0 Å². The number of carbonyl (C=O) groups is 1. The average molecular weight is 276 g/mol. The summed E-state index contributed by atoms with van der Waals surface area (Å²) in [5.74, 6) is -1.11. The second-order valence-corrected chi connectivity index (χ2v) is 4.86. The number of carboxylic acids is 1. The normalized spacial score (nSPS) is 15.2. The van der Waals surface area contributed by atoms with Crippen molar-refractivity contribution >= 4 is 11.7 Å². The first-order chi connectivity index (χ1) is 9.47. The molecule has 104 valence electrons. The average Bonchev–Trinajstić information content (AvgIpc) is 3.16. The van der Waals surface area contributed by atoms with E-state index in [1.165, 1.54) is 6.07 Å². The molecule has 0 atom stereocenters. The molecule has 7 heteroatoms. The first-order valence-electron chi connectivity index (χ1n) is 5.99. The number of hydrogen-bond acceptors (Lipinski definition) is 5. The molecular formula is C13H12N2O5. The Kier molecular flexibility index (Phi) is 3.57. The number of carboxylic acid groups (broad SMARTS) is 1. The molecule has 0 spiro atoms. The Morgan fingerprint density at radius 3 is 2.75 bits per heavy atom. The molecule has 1 fully saturated rings. The SMILES string of the molecule is N#CCC1(COc2ccc([N+](=O)[O-])c(C(=O)O)c2)CC1. The molecule has 0 aliphatic heterocycles. The Bertz CT molecular complexity index is 601. The third-order valence-corrected chi connectivity index (χ3v) is 3.35. The summed E-state index contributed by atoms with van der Waals surface area (Å²) in [4.78, 5) is 21.0. The molecule has 1 saturated carbocycles. The van der Waals surface area contributed by atoms with E-state index in [0.717, 1.165) is 25.0 Å². The minimum atomic E-state index is -1.37. The van der Waals surface area contributed by atoms with Crippen LogP contribution in [0.15, 0.2) is 18.2 Å². The summed E-state index contributed by atoms with van der Waals surface area (Å²) in [6.07, 6.45) is 2.20. The molecule has 0 saturated heterocycles. The Labute approximate surface area is 114 Å². The van der Waals surface area contributed by atoms with Crippen LogP contribution in [0, 0.1) is 26.9 Å². The summed E-state index contributed by atoms with van der Waals surface area (Å²) < 4.78 is 5.47. The van der Waals surface area contributed by atoms with Crippen molar-refractivity contribution < 1.29 is 19.6 Å². The van der Waals surface area contributed by atoms with Gasteiger partial charge < -0.3 is 9.84 Å². The van der Waals surface area contributed by atoms with Crippen LogP contribution in [0.1, 0.15) is 29.6 Å². The van der Waals surface area contributed by atoms with Gasteiger partial charge in [-0.1, -0.05) is 0 Å². The zero-order chi connectivity index (χ0) is 14.8. The molecule has 1 aliphatic rings. The molecule has 0 bridgehead atoms. The lowest BCUT2D eigenvalue weighted by Crippen LogP contribution is -2.13. The molecule has 1 aromatic carbocycles. The van der Waals surface area contributed by atoms with E-state index in [9.17, 15) is 14.9 Å². The monoisotopic (exact) mass is 276 g/mol. The summed E-state index contributed by atoms with van der Waals surface area (Å²) in [7, 11) is 0. The van der Waals surface area contributed by atoms with Gasteiger partial charge in [-0.3, -0.25) is 10.1 Å². The van der Waals surface area contributed by atoms with E-state index in [0.29, 0.717) is 13.0 Å². The van der Waals surface area contributed by atoms with Crippen molar-refractivity contribution in [1.29, 1.82) is 5.26 Å². The van der Waals surface area contributed by atoms with Crippen LogP contribution in [0.5, 0.6) is 5.75 Å². The van der Waals surface area contributed by atoms with E-state index in [-0.39, 0.29) is 11.2 Å². The number of benzene rings is 1. The fourth-order valence-corrected chi connectivity index (χ4v) is 1.89. The van der Waals surface area contributed by atoms with Crippen molar-refractivity contribution in [2.45, 2.75) is 19.3 Å². The quantitative estimate of drug-likeness (QED) is 0.630. The third-order valence-electron chi connectivity index (χ3n) is 3.35. The smallest absolute Gasteiger partial charge is 0.342 e. The molecule has 7 nitrogen and oxygen atoms in total. The van der Waals surface area contributed by atoms with Gasteiger partial charge in [0, 0.05) is 24.0 Å². The van der Waals surface area contributed by atoms with Gasteiger partial charge in [0.05, 0.1) is 17.6 Å².